The van der Waals surface area contributed by atoms with Gasteiger partial charge in [0.15, 0.2) is 0 Å². The lowest BCUT2D eigenvalue weighted by atomic mass is 10.1. The second-order valence-corrected chi connectivity index (χ2v) is 3.78. The number of rotatable bonds is 2. The lowest BCUT2D eigenvalue weighted by Gasteiger charge is -2.08. The first-order valence-electron chi connectivity index (χ1n) is 4.44. The van der Waals surface area contributed by atoms with Gasteiger partial charge in [-0.2, -0.15) is 0 Å². The summed E-state index contributed by atoms with van der Waals surface area (Å²) in [6.07, 6.45) is 0. The van der Waals surface area contributed by atoms with Crippen LogP contribution in [0.3, 0.4) is 0 Å². The highest BCUT2D eigenvalue weighted by atomic mass is 35.5. The average molecular weight is 261 g/mol. The molecule has 1 aromatic rings. The molecule has 0 radical (unpaired) electrons. The molecule has 16 heavy (non-hydrogen) atoms. The Morgan fingerprint density at radius 3 is 1.50 bits per heavy atom. The Labute approximate surface area is 103 Å². The lowest BCUT2D eigenvalue weighted by Crippen LogP contribution is -2.25. The van der Waals surface area contributed by atoms with E-state index in [4.69, 9.17) is 23.2 Å². The van der Waals surface area contributed by atoms with Crippen molar-refractivity contribution < 1.29 is 9.59 Å². The molecular weight excluding hydrogens is 251 g/mol. The van der Waals surface area contributed by atoms with Crippen molar-refractivity contribution in [1.29, 1.82) is 0 Å². The summed E-state index contributed by atoms with van der Waals surface area (Å²) in [5.41, 5.74) is 0.382. The molecule has 6 heteroatoms. The van der Waals surface area contributed by atoms with E-state index in [1.165, 1.54) is 26.2 Å². The van der Waals surface area contributed by atoms with Crippen LogP contribution >= 0.6 is 23.2 Å². The molecule has 0 atom stereocenters. The summed E-state index contributed by atoms with van der Waals surface area (Å²) in [6.45, 7) is 0. The van der Waals surface area contributed by atoms with Crippen LogP contribution < -0.4 is 10.6 Å². The zero-order valence-corrected chi connectivity index (χ0v) is 10.2. The predicted molar refractivity (Wildman–Crippen MR) is 63.2 cm³/mol. The maximum Gasteiger partial charge on any atom is 0.251 e. The topological polar surface area (TPSA) is 58.2 Å². The van der Waals surface area contributed by atoms with Gasteiger partial charge in [0.2, 0.25) is 0 Å². The van der Waals surface area contributed by atoms with Gasteiger partial charge in [-0.15, -0.1) is 0 Å². The first-order valence-corrected chi connectivity index (χ1v) is 5.20. The van der Waals surface area contributed by atoms with Crippen LogP contribution in [0.15, 0.2) is 12.1 Å². The minimum atomic E-state index is -0.392. The zero-order valence-electron chi connectivity index (χ0n) is 8.73. The Kier molecular flexibility index (Phi) is 4.15. The Bertz CT molecular complexity index is 406. The molecule has 0 unspecified atom stereocenters. The van der Waals surface area contributed by atoms with Crippen molar-refractivity contribution in [2.24, 2.45) is 0 Å². The fraction of sp³-hybridized carbons (Fsp3) is 0.200. The van der Waals surface area contributed by atoms with Gasteiger partial charge in [0.05, 0.1) is 21.2 Å². The highest BCUT2D eigenvalue weighted by molar-refractivity contribution is 6.42. The largest absolute Gasteiger partial charge is 0.355 e. The molecule has 0 spiro atoms. The second kappa shape index (κ2) is 5.18. The van der Waals surface area contributed by atoms with Crippen molar-refractivity contribution in [2.45, 2.75) is 0 Å². The van der Waals surface area contributed by atoms with E-state index in [-0.39, 0.29) is 21.2 Å². The summed E-state index contributed by atoms with van der Waals surface area (Å²) in [5, 5.41) is 5.31. The van der Waals surface area contributed by atoms with E-state index in [1.54, 1.807) is 0 Å². The molecule has 2 amide bonds. The molecule has 0 fully saturated rings. The van der Waals surface area contributed by atoms with E-state index < -0.39 is 11.8 Å². The van der Waals surface area contributed by atoms with Crippen molar-refractivity contribution in [3.63, 3.8) is 0 Å². The molecular formula is C10H10Cl2N2O2. The molecule has 0 saturated carbocycles. The van der Waals surface area contributed by atoms with Crippen LogP contribution in [0.25, 0.3) is 0 Å². The standard InChI is InChI=1S/C10H10Cl2N2O2/c1-13-9(15)5-3-7(11)8(12)4-6(5)10(16)14-2/h3-4H,1-2H3,(H,13,15)(H,14,16). The number of carbonyl (C=O) groups excluding carboxylic acids is 2. The predicted octanol–water partition coefficient (Wildman–Crippen LogP) is 1.71. The number of amides is 2. The molecule has 0 aliphatic rings. The smallest absolute Gasteiger partial charge is 0.251 e. The number of halogens is 2. The van der Waals surface area contributed by atoms with Gasteiger partial charge < -0.3 is 10.6 Å². The molecule has 0 aromatic heterocycles. The lowest BCUT2D eigenvalue weighted by molar-refractivity contribution is 0.0929. The first kappa shape index (κ1) is 12.8. The number of hydrogen-bond donors (Lipinski definition) is 2. The summed E-state index contributed by atoms with van der Waals surface area (Å²) in [4.78, 5) is 23.1. The van der Waals surface area contributed by atoms with E-state index in [2.05, 4.69) is 10.6 Å². The molecule has 0 aliphatic carbocycles. The van der Waals surface area contributed by atoms with Crippen molar-refractivity contribution >= 4 is 35.0 Å². The van der Waals surface area contributed by atoms with Crippen LogP contribution in [0, 0.1) is 0 Å². The summed E-state index contributed by atoms with van der Waals surface area (Å²) in [5.74, 6) is -0.783. The van der Waals surface area contributed by atoms with Crippen molar-refractivity contribution in [3.8, 4) is 0 Å². The van der Waals surface area contributed by atoms with Crippen molar-refractivity contribution in [3.05, 3.63) is 33.3 Å². The number of carbonyl (C=O) groups is 2. The van der Waals surface area contributed by atoms with E-state index >= 15 is 0 Å². The van der Waals surface area contributed by atoms with Crippen LogP contribution in [-0.2, 0) is 0 Å². The van der Waals surface area contributed by atoms with Gasteiger partial charge in [0.1, 0.15) is 0 Å². The molecule has 0 saturated heterocycles. The van der Waals surface area contributed by atoms with Gasteiger partial charge in [-0.25, -0.2) is 0 Å². The van der Waals surface area contributed by atoms with Gasteiger partial charge in [0.25, 0.3) is 11.8 Å². The van der Waals surface area contributed by atoms with Crippen LogP contribution in [-0.4, -0.2) is 25.9 Å². The monoisotopic (exact) mass is 260 g/mol. The molecule has 86 valence electrons. The molecule has 1 aromatic carbocycles. The highest BCUT2D eigenvalue weighted by Crippen LogP contribution is 2.26. The third-order valence-electron chi connectivity index (χ3n) is 2.00. The Morgan fingerprint density at radius 2 is 1.25 bits per heavy atom. The van der Waals surface area contributed by atoms with E-state index in [0.717, 1.165) is 0 Å². The normalized spacial score (nSPS) is 9.75. The highest BCUT2D eigenvalue weighted by Gasteiger charge is 2.17. The third kappa shape index (κ3) is 2.46. The number of hydrogen-bond acceptors (Lipinski definition) is 2. The summed E-state index contributed by atoms with van der Waals surface area (Å²) in [7, 11) is 2.94. The Morgan fingerprint density at radius 1 is 0.938 bits per heavy atom. The number of nitrogens with one attached hydrogen (secondary N) is 2. The fourth-order valence-corrected chi connectivity index (χ4v) is 1.52. The maximum absolute atomic E-state index is 11.5. The summed E-state index contributed by atoms with van der Waals surface area (Å²) in [6, 6.07) is 2.74. The third-order valence-corrected chi connectivity index (χ3v) is 2.73. The van der Waals surface area contributed by atoms with Gasteiger partial charge >= 0.3 is 0 Å². The minimum absolute atomic E-state index is 0.191. The zero-order chi connectivity index (χ0) is 12.3. The van der Waals surface area contributed by atoms with Crippen molar-refractivity contribution in [1.82, 2.24) is 10.6 Å². The van der Waals surface area contributed by atoms with E-state index in [1.807, 2.05) is 0 Å². The molecule has 1 rings (SSSR count). The van der Waals surface area contributed by atoms with Gasteiger partial charge in [-0.05, 0) is 12.1 Å². The van der Waals surface area contributed by atoms with E-state index in [0.29, 0.717) is 0 Å². The molecule has 4 nitrogen and oxygen atoms in total. The van der Waals surface area contributed by atoms with Gasteiger partial charge in [-0.3, -0.25) is 9.59 Å². The number of benzene rings is 1. The van der Waals surface area contributed by atoms with Crippen LogP contribution in [0.2, 0.25) is 10.0 Å². The molecule has 0 heterocycles. The summed E-state index contributed by atoms with van der Waals surface area (Å²) >= 11 is 11.6. The quantitative estimate of drug-likeness (QED) is 0.851. The maximum atomic E-state index is 11.5. The molecule has 0 aliphatic heterocycles. The average Bonchev–Trinajstić information content (AvgIpc) is 2.30. The van der Waals surface area contributed by atoms with Crippen LogP contribution in [0.5, 0.6) is 0 Å². The molecule has 2 N–H and O–H groups in total. The second-order valence-electron chi connectivity index (χ2n) is 2.97. The fourth-order valence-electron chi connectivity index (χ4n) is 1.19. The van der Waals surface area contributed by atoms with Crippen LogP contribution in [0.4, 0.5) is 0 Å². The summed E-state index contributed by atoms with van der Waals surface area (Å²) < 4.78 is 0. The molecule has 0 bridgehead atoms. The SMILES string of the molecule is CNC(=O)c1cc(Cl)c(Cl)cc1C(=O)NC. The van der Waals surface area contributed by atoms with Crippen molar-refractivity contribution in [2.75, 3.05) is 14.1 Å². The first-order chi connectivity index (χ1) is 7.51. The van der Waals surface area contributed by atoms with E-state index in [9.17, 15) is 9.59 Å². The minimum Gasteiger partial charge on any atom is -0.355 e. The van der Waals surface area contributed by atoms with Gasteiger partial charge in [-0.1, -0.05) is 23.2 Å². The Balaban J connectivity index is 3.38. The Hall–Kier alpha value is -1.26. The van der Waals surface area contributed by atoms with Gasteiger partial charge in [0, 0.05) is 14.1 Å². The van der Waals surface area contributed by atoms with Crippen LogP contribution in [0.1, 0.15) is 20.7 Å².